The highest BCUT2D eigenvalue weighted by atomic mass is 35.5. The minimum Gasteiger partial charge on any atom is -0.483 e. The molecule has 1 unspecified atom stereocenters. The third-order valence-electron chi connectivity index (χ3n) is 2.98. The predicted molar refractivity (Wildman–Crippen MR) is 89.2 cm³/mol. The summed E-state index contributed by atoms with van der Waals surface area (Å²) in [5.41, 5.74) is 6.72. The van der Waals surface area contributed by atoms with Crippen LogP contribution in [-0.2, 0) is 10.2 Å². The van der Waals surface area contributed by atoms with Crippen molar-refractivity contribution in [1.29, 1.82) is 0 Å². The lowest BCUT2D eigenvalue weighted by atomic mass is 9.86. The van der Waals surface area contributed by atoms with Crippen LogP contribution in [0.1, 0.15) is 39.7 Å². The van der Waals surface area contributed by atoms with E-state index in [-0.39, 0.29) is 36.4 Å². The SMILES string of the molecule is CC(N)CCNC(=O)COc1ccccc1C(C)(C)C.Cl. The van der Waals surface area contributed by atoms with E-state index in [1.54, 1.807) is 0 Å². The van der Waals surface area contributed by atoms with Gasteiger partial charge in [0.15, 0.2) is 6.61 Å². The smallest absolute Gasteiger partial charge is 0.257 e. The topological polar surface area (TPSA) is 64.3 Å². The average molecular weight is 315 g/mol. The Bertz CT molecular complexity index is 442. The molecule has 0 radical (unpaired) electrons. The summed E-state index contributed by atoms with van der Waals surface area (Å²) in [6, 6.07) is 7.92. The number of amides is 1. The van der Waals surface area contributed by atoms with Gasteiger partial charge in [-0.2, -0.15) is 0 Å². The number of para-hydroxylation sites is 1. The zero-order chi connectivity index (χ0) is 15.2. The molecule has 3 N–H and O–H groups in total. The molecule has 0 aliphatic carbocycles. The first-order valence-electron chi connectivity index (χ1n) is 7.05. The Morgan fingerprint density at radius 3 is 2.52 bits per heavy atom. The van der Waals surface area contributed by atoms with Gasteiger partial charge in [-0.05, 0) is 30.4 Å². The van der Waals surface area contributed by atoms with Crippen LogP contribution in [0.3, 0.4) is 0 Å². The molecule has 0 saturated heterocycles. The van der Waals surface area contributed by atoms with Gasteiger partial charge in [0.2, 0.25) is 0 Å². The summed E-state index contributed by atoms with van der Waals surface area (Å²) in [4.78, 5) is 11.7. The third kappa shape index (κ3) is 7.34. The molecule has 1 aromatic carbocycles. The van der Waals surface area contributed by atoms with Crippen LogP contribution in [0.15, 0.2) is 24.3 Å². The van der Waals surface area contributed by atoms with Crippen molar-refractivity contribution in [2.24, 2.45) is 5.73 Å². The van der Waals surface area contributed by atoms with E-state index in [2.05, 4.69) is 26.1 Å². The largest absolute Gasteiger partial charge is 0.483 e. The second kappa shape index (κ2) is 8.90. The van der Waals surface area contributed by atoms with Crippen molar-refractivity contribution in [3.05, 3.63) is 29.8 Å². The second-order valence-electron chi connectivity index (χ2n) is 6.15. The molecule has 0 heterocycles. The maximum Gasteiger partial charge on any atom is 0.257 e. The number of rotatable bonds is 6. The molecule has 4 nitrogen and oxygen atoms in total. The van der Waals surface area contributed by atoms with Crippen LogP contribution in [0, 0.1) is 0 Å². The van der Waals surface area contributed by atoms with E-state index < -0.39 is 0 Å². The van der Waals surface area contributed by atoms with Crippen LogP contribution < -0.4 is 15.8 Å². The van der Waals surface area contributed by atoms with Crippen molar-refractivity contribution in [3.63, 3.8) is 0 Å². The number of nitrogens with one attached hydrogen (secondary N) is 1. The molecule has 0 aliphatic heterocycles. The maximum absolute atomic E-state index is 11.7. The fourth-order valence-electron chi connectivity index (χ4n) is 1.85. The van der Waals surface area contributed by atoms with E-state index in [1.165, 1.54) is 0 Å². The molecule has 0 spiro atoms. The van der Waals surface area contributed by atoms with Gasteiger partial charge in [0.05, 0.1) is 0 Å². The van der Waals surface area contributed by atoms with Gasteiger partial charge < -0.3 is 15.8 Å². The lowest BCUT2D eigenvalue weighted by Crippen LogP contribution is -2.32. The standard InChI is InChI=1S/C16H26N2O2.ClH/c1-12(17)9-10-18-15(19)11-20-14-8-6-5-7-13(14)16(2,3)4;/h5-8,12H,9-11,17H2,1-4H3,(H,18,19);1H. The highest BCUT2D eigenvalue weighted by Crippen LogP contribution is 2.30. The number of hydrogen-bond acceptors (Lipinski definition) is 3. The number of benzene rings is 1. The second-order valence-corrected chi connectivity index (χ2v) is 6.15. The van der Waals surface area contributed by atoms with Crippen LogP contribution >= 0.6 is 12.4 Å². The first kappa shape index (κ1) is 19.7. The molecule has 0 fully saturated rings. The maximum atomic E-state index is 11.7. The first-order chi connectivity index (χ1) is 9.30. The van der Waals surface area contributed by atoms with E-state index in [1.807, 2.05) is 31.2 Å². The van der Waals surface area contributed by atoms with Crippen LogP contribution in [-0.4, -0.2) is 25.1 Å². The Morgan fingerprint density at radius 2 is 1.95 bits per heavy atom. The summed E-state index contributed by atoms with van der Waals surface area (Å²) in [5, 5.41) is 2.80. The van der Waals surface area contributed by atoms with Crippen LogP contribution in [0.25, 0.3) is 0 Å². The lowest BCUT2D eigenvalue weighted by Gasteiger charge is -2.22. The minimum atomic E-state index is -0.116. The van der Waals surface area contributed by atoms with Crippen molar-refractivity contribution in [3.8, 4) is 5.75 Å². The van der Waals surface area contributed by atoms with Crippen LogP contribution in [0.2, 0.25) is 0 Å². The number of ether oxygens (including phenoxy) is 1. The summed E-state index contributed by atoms with van der Waals surface area (Å²) < 4.78 is 5.64. The molecule has 0 aromatic heterocycles. The predicted octanol–water partition coefficient (Wildman–Crippen LogP) is 2.64. The number of carbonyl (C=O) groups is 1. The highest BCUT2D eigenvalue weighted by molar-refractivity contribution is 5.85. The Kier molecular flexibility index (Phi) is 8.37. The molecule has 1 amide bonds. The number of hydrogen-bond donors (Lipinski definition) is 2. The Labute approximate surface area is 133 Å². The number of halogens is 1. The third-order valence-corrected chi connectivity index (χ3v) is 2.98. The fourth-order valence-corrected chi connectivity index (χ4v) is 1.85. The highest BCUT2D eigenvalue weighted by Gasteiger charge is 2.18. The van der Waals surface area contributed by atoms with Gasteiger partial charge in [0.1, 0.15) is 5.75 Å². The van der Waals surface area contributed by atoms with E-state index in [4.69, 9.17) is 10.5 Å². The number of nitrogens with two attached hydrogens (primary N) is 1. The van der Waals surface area contributed by atoms with E-state index in [0.717, 1.165) is 17.7 Å². The van der Waals surface area contributed by atoms with Gasteiger partial charge in [0.25, 0.3) is 5.91 Å². The van der Waals surface area contributed by atoms with E-state index >= 15 is 0 Å². The molecule has 120 valence electrons. The molecule has 0 saturated carbocycles. The van der Waals surface area contributed by atoms with Crippen molar-refractivity contribution in [2.75, 3.05) is 13.2 Å². The van der Waals surface area contributed by atoms with Crippen LogP contribution in [0.5, 0.6) is 5.75 Å². The molecule has 0 aliphatic rings. The zero-order valence-electron chi connectivity index (χ0n) is 13.3. The summed E-state index contributed by atoms with van der Waals surface area (Å²) in [6.07, 6.45) is 0.768. The van der Waals surface area contributed by atoms with Gasteiger partial charge in [0, 0.05) is 12.6 Å². The molecule has 1 atom stereocenters. The van der Waals surface area contributed by atoms with E-state index in [9.17, 15) is 4.79 Å². The van der Waals surface area contributed by atoms with Crippen molar-refractivity contribution < 1.29 is 9.53 Å². The number of carbonyl (C=O) groups excluding carboxylic acids is 1. The normalized spacial score (nSPS) is 12.2. The summed E-state index contributed by atoms with van der Waals surface area (Å²) in [5.74, 6) is 0.650. The molecule has 1 rings (SSSR count). The average Bonchev–Trinajstić information content (AvgIpc) is 2.35. The molecule has 21 heavy (non-hydrogen) atoms. The summed E-state index contributed by atoms with van der Waals surface area (Å²) in [7, 11) is 0. The molecular weight excluding hydrogens is 288 g/mol. The van der Waals surface area contributed by atoms with Crippen molar-refractivity contribution >= 4 is 18.3 Å². The zero-order valence-corrected chi connectivity index (χ0v) is 14.1. The Morgan fingerprint density at radius 1 is 1.33 bits per heavy atom. The van der Waals surface area contributed by atoms with Gasteiger partial charge in [-0.3, -0.25) is 4.79 Å². The first-order valence-corrected chi connectivity index (χ1v) is 7.05. The van der Waals surface area contributed by atoms with Crippen molar-refractivity contribution in [2.45, 2.75) is 45.6 Å². The van der Waals surface area contributed by atoms with E-state index in [0.29, 0.717) is 6.54 Å². The summed E-state index contributed by atoms with van der Waals surface area (Å²) in [6.45, 7) is 8.91. The van der Waals surface area contributed by atoms with Crippen LogP contribution in [0.4, 0.5) is 0 Å². The molecule has 0 bridgehead atoms. The monoisotopic (exact) mass is 314 g/mol. The quantitative estimate of drug-likeness (QED) is 0.848. The van der Waals surface area contributed by atoms with Gasteiger partial charge >= 0.3 is 0 Å². The lowest BCUT2D eigenvalue weighted by molar-refractivity contribution is -0.123. The fraction of sp³-hybridized carbons (Fsp3) is 0.562. The van der Waals surface area contributed by atoms with Gasteiger partial charge in [-0.1, -0.05) is 39.0 Å². The molecular formula is C16H27ClN2O2. The van der Waals surface area contributed by atoms with Gasteiger partial charge in [-0.25, -0.2) is 0 Å². The van der Waals surface area contributed by atoms with Gasteiger partial charge in [-0.15, -0.1) is 12.4 Å². The Hall–Kier alpha value is -1.26. The molecule has 5 heteroatoms. The minimum absolute atomic E-state index is 0. The molecule has 1 aromatic rings. The Balaban J connectivity index is 0.00000400. The summed E-state index contributed by atoms with van der Waals surface area (Å²) >= 11 is 0. The van der Waals surface area contributed by atoms with Crippen molar-refractivity contribution in [1.82, 2.24) is 5.32 Å².